The van der Waals surface area contributed by atoms with Crippen molar-refractivity contribution in [2.24, 2.45) is 0 Å². The topological polar surface area (TPSA) is 108 Å². The van der Waals surface area contributed by atoms with Crippen LogP contribution in [0.2, 0.25) is 0 Å². The molecule has 0 aromatic carbocycles. The lowest BCUT2D eigenvalue weighted by atomic mass is 10.0. The largest absolute Gasteiger partial charge is 0.756 e. The van der Waals surface area contributed by atoms with Crippen LogP contribution in [0.1, 0.15) is 245 Å². The van der Waals surface area contributed by atoms with Gasteiger partial charge in [-0.1, -0.05) is 231 Å². The zero-order chi connectivity index (χ0) is 42.8. The van der Waals surface area contributed by atoms with Crippen molar-refractivity contribution in [1.82, 2.24) is 5.32 Å². The number of phosphoric ester groups is 1. The number of hydrogen-bond donors (Lipinski definition) is 2. The molecule has 2 N–H and O–H groups in total. The second kappa shape index (κ2) is 41.6. The molecule has 0 aliphatic rings. The van der Waals surface area contributed by atoms with Crippen LogP contribution in [0.5, 0.6) is 0 Å². The molecule has 3 unspecified atom stereocenters. The van der Waals surface area contributed by atoms with Crippen LogP contribution in [0.4, 0.5) is 0 Å². The summed E-state index contributed by atoms with van der Waals surface area (Å²) in [6.07, 6.45) is 48.6. The van der Waals surface area contributed by atoms with E-state index >= 15 is 0 Å². The molecule has 9 heteroatoms. The van der Waals surface area contributed by atoms with Gasteiger partial charge in [-0.2, -0.15) is 0 Å². The van der Waals surface area contributed by atoms with Crippen molar-refractivity contribution in [2.75, 3.05) is 40.9 Å². The van der Waals surface area contributed by atoms with Crippen molar-refractivity contribution in [3.05, 3.63) is 12.2 Å². The number of allylic oxidation sites excluding steroid dienone is 1. The minimum Gasteiger partial charge on any atom is -0.756 e. The molecule has 1 amide bonds. The Kier molecular flexibility index (Phi) is 41.0. The molecule has 0 aromatic rings. The summed E-state index contributed by atoms with van der Waals surface area (Å²) in [6, 6.07) is -0.879. The Balaban J connectivity index is 4.07. The smallest absolute Gasteiger partial charge is 0.268 e. The Morgan fingerprint density at radius 2 is 0.931 bits per heavy atom. The second-order valence-corrected chi connectivity index (χ2v) is 19.9. The van der Waals surface area contributed by atoms with Crippen LogP contribution in [0, 0.1) is 0 Å². The Morgan fingerprint density at radius 1 is 0.586 bits per heavy atom. The molecule has 3 atom stereocenters. The second-order valence-electron chi connectivity index (χ2n) is 18.5. The molecule has 0 heterocycles. The fraction of sp³-hybridized carbons (Fsp3) is 0.939. The number of hydrogen-bond acceptors (Lipinski definition) is 6. The van der Waals surface area contributed by atoms with Crippen LogP contribution < -0.4 is 10.2 Å². The zero-order valence-electron chi connectivity index (χ0n) is 39.3. The van der Waals surface area contributed by atoms with Gasteiger partial charge in [0.25, 0.3) is 7.82 Å². The SMILES string of the molecule is CCCCCCCCCC/C=C/C(O)C(COP(=O)([O-])OCC[N+](C)(C)C)NC(=O)CCCCCCCCCCCCCCCCCCCCCCCCCCCC. The van der Waals surface area contributed by atoms with Gasteiger partial charge in [0, 0.05) is 6.42 Å². The van der Waals surface area contributed by atoms with Gasteiger partial charge in [0.1, 0.15) is 13.2 Å². The first-order chi connectivity index (χ1) is 28.0. The molecule has 0 aromatic heterocycles. The van der Waals surface area contributed by atoms with Crippen molar-refractivity contribution in [1.29, 1.82) is 0 Å². The highest BCUT2D eigenvalue weighted by atomic mass is 31.2. The number of rotatable bonds is 46. The third kappa shape index (κ3) is 43.3. The minimum absolute atomic E-state index is 0.00196. The highest BCUT2D eigenvalue weighted by Crippen LogP contribution is 2.38. The molecule has 0 saturated heterocycles. The summed E-state index contributed by atoms with van der Waals surface area (Å²) in [7, 11) is 1.27. The first-order valence-electron chi connectivity index (χ1n) is 25.1. The fourth-order valence-electron chi connectivity index (χ4n) is 7.51. The van der Waals surface area contributed by atoms with Crippen molar-refractivity contribution < 1.29 is 32.9 Å². The number of aliphatic hydroxyl groups is 1. The quantitative estimate of drug-likeness (QED) is 0.0273. The van der Waals surface area contributed by atoms with Crippen LogP contribution in [0.15, 0.2) is 12.2 Å². The number of quaternary nitrogens is 1. The number of carbonyl (C=O) groups excluding carboxylic acids is 1. The summed E-state index contributed by atoms with van der Waals surface area (Å²) in [4.78, 5) is 25.3. The maximum absolute atomic E-state index is 12.9. The Morgan fingerprint density at radius 3 is 1.29 bits per heavy atom. The first-order valence-corrected chi connectivity index (χ1v) is 26.5. The number of likely N-dealkylation sites (N-methyl/N-ethyl adjacent to an activating group) is 1. The summed E-state index contributed by atoms with van der Waals surface area (Å²) in [5.41, 5.74) is 0. The van der Waals surface area contributed by atoms with E-state index in [1.54, 1.807) is 6.08 Å². The number of carbonyl (C=O) groups is 1. The molecule has 0 saturated carbocycles. The number of nitrogens with zero attached hydrogens (tertiary/aromatic N) is 1. The van der Waals surface area contributed by atoms with Gasteiger partial charge in [-0.15, -0.1) is 0 Å². The van der Waals surface area contributed by atoms with Crippen LogP contribution in [0.3, 0.4) is 0 Å². The van der Waals surface area contributed by atoms with E-state index in [2.05, 4.69) is 19.2 Å². The van der Waals surface area contributed by atoms with Crippen LogP contribution in [0.25, 0.3) is 0 Å². The Labute approximate surface area is 361 Å². The molecule has 8 nitrogen and oxygen atoms in total. The van der Waals surface area contributed by atoms with Gasteiger partial charge in [-0.3, -0.25) is 9.36 Å². The van der Waals surface area contributed by atoms with Crippen molar-refractivity contribution in [2.45, 2.75) is 257 Å². The molecule has 0 aliphatic heterocycles. The Bertz CT molecular complexity index is 958. The Hall–Kier alpha value is -0.760. The van der Waals surface area contributed by atoms with Gasteiger partial charge in [0.15, 0.2) is 0 Å². The molecule has 346 valence electrons. The molecule has 58 heavy (non-hydrogen) atoms. The normalized spacial score (nSPS) is 14.3. The minimum atomic E-state index is -4.58. The predicted octanol–water partition coefficient (Wildman–Crippen LogP) is 13.7. The zero-order valence-corrected chi connectivity index (χ0v) is 40.2. The number of phosphoric acid groups is 1. The average Bonchev–Trinajstić information content (AvgIpc) is 3.17. The van der Waals surface area contributed by atoms with E-state index in [9.17, 15) is 19.4 Å². The molecule has 0 bridgehead atoms. The molecule has 0 spiro atoms. The number of nitrogens with one attached hydrogen (secondary N) is 1. The summed E-state index contributed by atoms with van der Waals surface area (Å²) >= 11 is 0. The predicted molar refractivity (Wildman–Crippen MR) is 247 cm³/mol. The van der Waals surface area contributed by atoms with Gasteiger partial charge in [-0.25, -0.2) is 0 Å². The van der Waals surface area contributed by atoms with Gasteiger partial charge in [0.2, 0.25) is 5.91 Å². The summed E-state index contributed by atoms with van der Waals surface area (Å²) in [6.45, 7) is 4.65. The van der Waals surface area contributed by atoms with E-state index in [0.717, 1.165) is 38.5 Å². The average molecular weight is 843 g/mol. The van der Waals surface area contributed by atoms with E-state index in [4.69, 9.17) is 9.05 Å². The van der Waals surface area contributed by atoms with Gasteiger partial charge >= 0.3 is 0 Å². The van der Waals surface area contributed by atoms with Crippen LogP contribution in [-0.4, -0.2) is 68.5 Å². The van der Waals surface area contributed by atoms with Gasteiger partial charge in [-0.05, 0) is 19.3 Å². The third-order valence-electron chi connectivity index (χ3n) is 11.5. The van der Waals surface area contributed by atoms with E-state index in [1.165, 1.54) is 186 Å². The lowest BCUT2D eigenvalue weighted by Crippen LogP contribution is -2.45. The third-order valence-corrected chi connectivity index (χ3v) is 12.5. The summed E-state index contributed by atoms with van der Waals surface area (Å²) < 4.78 is 23.2. The molecule has 0 aliphatic carbocycles. The highest BCUT2D eigenvalue weighted by Gasteiger charge is 2.23. The fourth-order valence-corrected chi connectivity index (χ4v) is 8.23. The number of aliphatic hydroxyl groups excluding tert-OH is 1. The highest BCUT2D eigenvalue weighted by molar-refractivity contribution is 7.45. The summed E-state index contributed by atoms with van der Waals surface area (Å²) in [5.74, 6) is -0.194. The van der Waals surface area contributed by atoms with E-state index in [-0.39, 0.29) is 19.1 Å². The molecule has 0 fully saturated rings. The molecule has 0 rings (SSSR count). The van der Waals surface area contributed by atoms with Crippen LogP contribution in [-0.2, 0) is 18.4 Å². The standard InChI is InChI=1S/C49H99N2O6P/c1-6-8-10-12-14-16-18-19-20-21-22-23-24-25-26-27-28-29-30-31-32-33-35-37-39-41-43-49(53)50-47(46-57-58(54,55)56-45-44-51(3,4)5)48(52)42-40-38-36-34-17-15-13-11-9-7-2/h40,42,47-48,52H,6-39,41,43-46H2,1-5H3,(H-,50,53,54,55)/b42-40+. The van der Waals surface area contributed by atoms with Crippen LogP contribution >= 0.6 is 7.82 Å². The molecule has 0 radical (unpaired) electrons. The van der Waals surface area contributed by atoms with E-state index in [0.29, 0.717) is 17.4 Å². The monoisotopic (exact) mass is 843 g/mol. The molecular weight excluding hydrogens is 744 g/mol. The number of amides is 1. The molecular formula is C49H99N2O6P. The maximum atomic E-state index is 12.9. The lowest BCUT2D eigenvalue weighted by molar-refractivity contribution is -0.870. The first kappa shape index (κ1) is 57.2. The van der Waals surface area contributed by atoms with Crippen molar-refractivity contribution in [3.63, 3.8) is 0 Å². The maximum Gasteiger partial charge on any atom is 0.268 e. The summed E-state index contributed by atoms with van der Waals surface area (Å²) in [5, 5.41) is 13.8. The van der Waals surface area contributed by atoms with Gasteiger partial charge < -0.3 is 28.8 Å². The van der Waals surface area contributed by atoms with E-state index in [1.807, 2.05) is 27.2 Å². The van der Waals surface area contributed by atoms with E-state index < -0.39 is 20.0 Å². The van der Waals surface area contributed by atoms with Crippen molar-refractivity contribution >= 4 is 13.7 Å². The number of unbranched alkanes of at least 4 members (excludes halogenated alkanes) is 33. The van der Waals surface area contributed by atoms with Crippen molar-refractivity contribution in [3.8, 4) is 0 Å². The van der Waals surface area contributed by atoms with Gasteiger partial charge in [0.05, 0.1) is 39.9 Å². The lowest BCUT2D eigenvalue weighted by Gasteiger charge is -2.29.